The molecule has 0 saturated carbocycles. The van der Waals surface area contributed by atoms with E-state index in [4.69, 9.17) is 16.3 Å². The second kappa shape index (κ2) is 7.80. The minimum absolute atomic E-state index is 0.324. The lowest BCUT2D eigenvalue weighted by atomic mass is 10.2. The van der Waals surface area contributed by atoms with Gasteiger partial charge in [-0.15, -0.1) is 10.2 Å². The second-order valence-electron chi connectivity index (χ2n) is 4.51. The van der Waals surface area contributed by atoms with Crippen LogP contribution in [0.2, 0.25) is 5.02 Å². The Kier molecular flexibility index (Phi) is 6.05. The zero-order valence-corrected chi connectivity index (χ0v) is 14.8. The maximum absolute atomic E-state index is 12.3. The molecule has 0 bridgehead atoms. The molecule has 0 unspecified atom stereocenters. The van der Waals surface area contributed by atoms with Crippen molar-refractivity contribution in [3.05, 3.63) is 28.8 Å². The van der Waals surface area contributed by atoms with E-state index in [1.165, 1.54) is 18.4 Å². The number of carbonyl (C=O) groups excluding carboxylic acids is 1. The number of anilines is 1. The van der Waals surface area contributed by atoms with Crippen LogP contribution in [0.3, 0.4) is 0 Å². The van der Waals surface area contributed by atoms with E-state index in [2.05, 4.69) is 29.4 Å². The summed E-state index contributed by atoms with van der Waals surface area (Å²) in [6.07, 6.45) is 1.05. The van der Waals surface area contributed by atoms with Gasteiger partial charge < -0.3 is 4.74 Å². The van der Waals surface area contributed by atoms with Gasteiger partial charge in [0.25, 0.3) is 5.91 Å². The Balaban J connectivity index is 2.11. The number of hydrogen-bond donors (Lipinski definition) is 1. The lowest BCUT2D eigenvalue weighted by Gasteiger charge is -2.07. The fourth-order valence-corrected chi connectivity index (χ4v) is 3.75. The lowest BCUT2D eigenvalue weighted by molar-refractivity contribution is 0.102. The first-order chi connectivity index (χ1) is 10.5. The summed E-state index contributed by atoms with van der Waals surface area (Å²) in [5.74, 6) is 0.135. The average molecular weight is 358 g/mol. The molecular formula is C14H16ClN3O2S2. The molecule has 0 aliphatic carbocycles. The maximum atomic E-state index is 12.3. The first-order valence-corrected chi connectivity index (χ1v) is 8.76. The molecule has 8 heteroatoms. The number of rotatable bonds is 6. The van der Waals surface area contributed by atoms with E-state index in [-0.39, 0.29) is 5.91 Å². The molecule has 0 saturated heterocycles. The van der Waals surface area contributed by atoms with Crippen molar-refractivity contribution < 1.29 is 9.53 Å². The van der Waals surface area contributed by atoms with E-state index in [1.54, 1.807) is 30.0 Å². The van der Waals surface area contributed by atoms with Gasteiger partial charge in [-0.05, 0) is 24.6 Å². The molecule has 0 aliphatic rings. The van der Waals surface area contributed by atoms with E-state index in [0.29, 0.717) is 26.7 Å². The van der Waals surface area contributed by atoms with E-state index >= 15 is 0 Å². The summed E-state index contributed by atoms with van der Waals surface area (Å²) in [6.45, 7) is 4.24. The van der Waals surface area contributed by atoms with Crippen molar-refractivity contribution in [2.75, 3.05) is 12.4 Å². The topological polar surface area (TPSA) is 64.1 Å². The highest BCUT2D eigenvalue weighted by atomic mass is 35.5. The van der Waals surface area contributed by atoms with E-state index in [1.807, 2.05) is 0 Å². The Hall–Kier alpha value is -1.31. The first kappa shape index (κ1) is 17.1. The molecule has 1 aromatic heterocycles. The summed E-state index contributed by atoms with van der Waals surface area (Å²) in [7, 11) is 1.51. The number of ether oxygens (including phenoxy) is 1. The van der Waals surface area contributed by atoms with Crippen LogP contribution in [0.15, 0.2) is 22.5 Å². The van der Waals surface area contributed by atoms with Crippen LogP contribution in [-0.4, -0.2) is 28.5 Å². The van der Waals surface area contributed by atoms with Gasteiger partial charge in [0.05, 0.1) is 12.7 Å². The molecule has 0 radical (unpaired) electrons. The molecule has 2 aromatic rings. The molecule has 1 atom stereocenters. The van der Waals surface area contributed by atoms with Gasteiger partial charge in [0.1, 0.15) is 5.75 Å². The third kappa shape index (κ3) is 4.34. The Morgan fingerprint density at radius 1 is 1.50 bits per heavy atom. The molecule has 22 heavy (non-hydrogen) atoms. The highest BCUT2D eigenvalue weighted by molar-refractivity contribution is 8.01. The van der Waals surface area contributed by atoms with E-state index in [0.717, 1.165) is 10.8 Å². The molecule has 1 aromatic carbocycles. The van der Waals surface area contributed by atoms with Crippen LogP contribution in [-0.2, 0) is 0 Å². The Morgan fingerprint density at radius 3 is 2.95 bits per heavy atom. The fraction of sp³-hybridized carbons (Fsp3) is 0.357. The average Bonchev–Trinajstić information content (AvgIpc) is 2.93. The van der Waals surface area contributed by atoms with Gasteiger partial charge >= 0.3 is 0 Å². The molecule has 0 aliphatic heterocycles. The zero-order valence-electron chi connectivity index (χ0n) is 12.4. The van der Waals surface area contributed by atoms with Crippen LogP contribution in [0.25, 0.3) is 0 Å². The van der Waals surface area contributed by atoms with Crippen molar-refractivity contribution in [3.63, 3.8) is 0 Å². The number of benzene rings is 1. The van der Waals surface area contributed by atoms with Crippen LogP contribution in [0.1, 0.15) is 30.6 Å². The van der Waals surface area contributed by atoms with Gasteiger partial charge in [-0.25, -0.2) is 0 Å². The Morgan fingerprint density at radius 2 is 2.27 bits per heavy atom. The highest BCUT2D eigenvalue weighted by Crippen LogP contribution is 2.30. The summed E-state index contributed by atoms with van der Waals surface area (Å²) in [5.41, 5.74) is 0.362. The fourth-order valence-electron chi connectivity index (χ4n) is 1.59. The van der Waals surface area contributed by atoms with Gasteiger partial charge in [0, 0.05) is 10.3 Å². The van der Waals surface area contributed by atoms with Crippen molar-refractivity contribution in [1.82, 2.24) is 10.2 Å². The first-order valence-electron chi connectivity index (χ1n) is 6.68. The molecule has 118 valence electrons. The van der Waals surface area contributed by atoms with Gasteiger partial charge in [-0.1, -0.05) is 48.5 Å². The van der Waals surface area contributed by atoms with Gasteiger partial charge in [-0.3, -0.25) is 10.1 Å². The van der Waals surface area contributed by atoms with Gasteiger partial charge in [-0.2, -0.15) is 0 Å². The molecule has 1 amide bonds. The third-order valence-corrected chi connectivity index (χ3v) is 5.34. The largest absolute Gasteiger partial charge is 0.496 e. The monoisotopic (exact) mass is 357 g/mol. The SMILES string of the molecule is CC[C@@H](C)Sc1nnc(NC(=O)c2cc(Cl)ccc2OC)s1. The number of carbonyl (C=O) groups is 1. The molecule has 0 spiro atoms. The number of aromatic nitrogens is 2. The number of amides is 1. The van der Waals surface area contributed by atoms with Crippen molar-refractivity contribution >= 4 is 45.7 Å². The smallest absolute Gasteiger partial charge is 0.261 e. The Labute approximate surface area is 142 Å². The molecule has 1 heterocycles. The molecular weight excluding hydrogens is 342 g/mol. The summed E-state index contributed by atoms with van der Waals surface area (Å²) in [6, 6.07) is 4.89. The summed E-state index contributed by atoms with van der Waals surface area (Å²) >= 11 is 8.93. The minimum Gasteiger partial charge on any atom is -0.496 e. The molecule has 5 nitrogen and oxygen atoms in total. The normalized spacial score (nSPS) is 12.0. The van der Waals surface area contributed by atoms with Gasteiger partial charge in [0.2, 0.25) is 5.13 Å². The highest BCUT2D eigenvalue weighted by Gasteiger charge is 2.16. The predicted octanol–water partition coefficient (Wildman–Crippen LogP) is 4.34. The summed E-state index contributed by atoms with van der Waals surface area (Å²) < 4.78 is 6.01. The lowest BCUT2D eigenvalue weighted by Crippen LogP contribution is -2.13. The van der Waals surface area contributed by atoms with Crippen molar-refractivity contribution in [2.45, 2.75) is 29.9 Å². The standard InChI is InChI=1S/C14H16ClN3O2S2/c1-4-8(2)21-14-18-17-13(22-14)16-12(19)10-7-9(15)5-6-11(10)20-3/h5-8H,4H2,1-3H3,(H,16,17,19)/t8-/m1/s1. The van der Waals surface area contributed by atoms with Crippen molar-refractivity contribution in [1.29, 1.82) is 0 Å². The number of hydrogen-bond acceptors (Lipinski definition) is 6. The third-order valence-electron chi connectivity index (χ3n) is 2.91. The number of nitrogens with zero attached hydrogens (tertiary/aromatic N) is 2. The van der Waals surface area contributed by atoms with Crippen LogP contribution >= 0.6 is 34.7 Å². The van der Waals surface area contributed by atoms with Gasteiger partial charge in [0.15, 0.2) is 4.34 Å². The molecule has 0 fully saturated rings. The number of halogens is 1. The predicted molar refractivity (Wildman–Crippen MR) is 91.5 cm³/mol. The number of methoxy groups -OCH3 is 1. The Bertz CT molecular complexity index is 663. The van der Waals surface area contributed by atoms with Crippen molar-refractivity contribution in [3.8, 4) is 5.75 Å². The number of thioether (sulfide) groups is 1. The molecule has 1 N–H and O–H groups in total. The van der Waals surface area contributed by atoms with E-state index < -0.39 is 0 Å². The minimum atomic E-state index is -0.324. The van der Waals surface area contributed by atoms with Crippen LogP contribution in [0.4, 0.5) is 5.13 Å². The molecule has 2 rings (SSSR count). The van der Waals surface area contributed by atoms with Crippen molar-refractivity contribution in [2.24, 2.45) is 0 Å². The second-order valence-corrected chi connectivity index (χ2v) is 7.61. The van der Waals surface area contributed by atoms with Crippen LogP contribution in [0.5, 0.6) is 5.75 Å². The number of nitrogens with one attached hydrogen (secondary N) is 1. The zero-order chi connectivity index (χ0) is 16.1. The maximum Gasteiger partial charge on any atom is 0.261 e. The summed E-state index contributed by atoms with van der Waals surface area (Å²) in [5, 5.41) is 12.2. The van der Waals surface area contributed by atoms with Crippen LogP contribution in [0, 0.1) is 0 Å². The van der Waals surface area contributed by atoms with E-state index in [9.17, 15) is 4.79 Å². The van der Waals surface area contributed by atoms with Crippen LogP contribution < -0.4 is 10.1 Å². The summed E-state index contributed by atoms with van der Waals surface area (Å²) in [4.78, 5) is 12.3. The quantitative estimate of drug-likeness (QED) is 0.615.